The van der Waals surface area contributed by atoms with Gasteiger partial charge < -0.3 is 23.7 Å². The summed E-state index contributed by atoms with van der Waals surface area (Å²) in [7, 11) is 1.59. The first-order valence-electron chi connectivity index (χ1n) is 15.1. The molecule has 7 heteroatoms. The maximum atomic E-state index is 17.1. The van der Waals surface area contributed by atoms with E-state index < -0.39 is 5.82 Å². The van der Waals surface area contributed by atoms with Crippen LogP contribution in [0.25, 0.3) is 22.4 Å². The zero-order chi connectivity index (χ0) is 29.3. The molecule has 220 valence electrons. The highest BCUT2D eigenvalue weighted by molar-refractivity contribution is 5.86. The average Bonchev–Trinajstić information content (AvgIpc) is 3.32. The van der Waals surface area contributed by atoms with Crippen LogP contribution in [0.2, 0.25) is 0 Å². The van der Waals surface area contributed by atoms with Crippen molar-refractivity contribution in [3.05, 3.63) is 101 Å². The van der Waals surface area contributed by atoms with Gasteiger partial charge in [0.2, 0.25) is 11.5 Å². The van der Waals surface area contributed by atoms with Gasteiger partial charge in [-0.1, -0.05) is 60.7 Å². The van der Waals surface area contributed by atoms with Crippen LogP contribution in [0, 0.1) is 12.7 Å². The molecule has 4 aromatic carbocycles. The van der Waals surface area contributed by atoms with Gasteiger partial charge in [-0.15, -0.1) is 0 Å². The van der Waals surface area contributed by atoms with Gasteiger partial charge in [-0.05, 0) is 61.9 Å². The number of anilines is 1. The molecule has 7 rings (SSSR count). The highest BCUT2D eigenvalue weighted by Crippen LogP contribution is 2.50. The predicted molar refractivity (Wildman–Crippen MR) is 168 cm³/mol. The first-order chi connectivity index (χ1) is 21.1. The lowest BCUT2D eigenvalue weighted by Crippen LogP contribution is -2.36. The van der Waals surface area contributed by atoms with Crippen molar-refractivity contribution in [2.24, 2.45) is 0 Å². The van der Waals surface area contributed by atoms with Crippen molar-refractivity contribution in [2.75, 3.05) is 25.1 Å². The predicted octanol–water partition coefficient (Wildman–Crippen LogP) is 8.25. The third-order valence-electron chi connectivity index (χ3n) is 8.76. The van der Waals surface area contributed by atoms with Gasteiger partial charge in [-0.3, -0.25) is 0 Å². The zero-order valence-corrected chi connectivity index (χ0v) is 24.7. The molecule has 1 saturated heterocycles. The minimum atomic E-state index is -0.490. The number of methoxy groups -OCH3 is 1. The minimum Gasteiger partial charge on any atom is -0.492 e. The molecule has 0 spiro atoms. The van der Waals surface area contributed by atoms with Crippen LogP contribution in [-0.4, -0.2) is 29.8 Å². The van der Waals surface area contributed by atoms with Crippen molar-refractivity contribution in [2.45, 2.75) is 51.9 Å². The van der Waals surface area contributed by atoms with Gasteiger partial charge in [0.1, 0.15) is 19.0 Å². The largest absolute Gasteiger partial charge is 0.492 e. The standard InChI is InChI=1S/C36H36FN3O3/c1-24-31(36-38-29-21-28(39-19-10-20-39)17-18-30(29)40(36)27-15-9-16-27)32(37)34(42-22-25-11-5-3-6-12-25)35(33(24)41-2)43-23-26-13-7-4-8-14-26/h3-8,11-14,17-18,21,27H,9-10,15-16,19-20,22-23H2,1-2H3. The highest BCUT2D eigenvalue weighted by atomic mass is 19.1. The molecular weight excluding hydrogens is 541 g/mol. The third-order valence-corrected chi connectivity index (χ3v) is 8.76. The molecule has 2 fully saturated rings. The summed E-state index contributed by atoms with van der Waals surface area (Å²) in [4.78, 5) is 7.46. The van der Waals surface area contributed by atoms with E-state index in [9.17, 15) is 0 Å². The van der Waals surface area contributed by atoms with E-state index in [0.29, 0.717) is 22.7 Å². The van der Waals surface area contributed by atoms with Gasteiger partial charge in [-0.2, -0.15) is 0 Å². The summed E-state index contributed by atoms with van der Waals surface area (Å²) in [5.74, 6) is 0.853. The highest BCUT2D eigenvalue weighted by Gasteiger charge is 2.33. The van der Waals surface area contributed by atoms with E-state index in [-0.39, 0.29) is 30.8 Å². The SMILES string of the molecule is COc1c(C)c(-c2nc3cc(N4CCC4)ccc3n2C2CCC2)c(F)c(OCc2ccccc2)c1OCc1ccccc1. The minimum absolute atomic E-state index is 0.0331. The van der Waals surface area contributed by atoms with E-state index in [1.165, 1.54) is 6.42 Å². The fraction of sp³-hybridized carbons (Fsp3) is 0.306. The molecular formula is C36H36FN3O3. The van der Waals surface area contributed by atoms with Gasteiger partial charge in [-0.25, -0.2) is 9.37 Å². The first kappa shape index (κ1) is 27.3. The molecule has 43 heavy (non-hydrogen) atoms. The summed E-state index contributed by atoms with van der Waals surface area (Å²) in [6.07, 6.45) is 4.44. The number of aromatic nitrogens is 2. The number of benzene rings is 4. The maximum Gasteiger partial charge on any atom is 0.207 e. The molecule has 1 saturated carbocycles. The van der Waals surface area contributed by atoms with Crippen molar-refractivity contribution in [3.8, 4) is 28.6 Å². The number of imidazole rings is 1. The van der Waals surface area contributed by atoms with Gasteiger partial charge in [0.05, 0.1) is 23.7 Å². The van der Waals surface area contributed by atoms with E-state index in [4.69, 9.17) is 19.2 Å². The molecule has 0 radical (unpaired) electrons. The maximum absolute atomic E-state index is 17.1. The van der Waals surface area contributed by atoms with Crippen molar-refractivity contribution >= 4 is 16.7 Å². The van der Waals surface area contributed by atoms with E-state index >= 15 is 4.39 Å². The summed E-state index contributed by atoms with van der Waals surface area (Å²) >= 11 is 0. The molecule has 0 bridgehead atoms. The zero-order valence-electron chi connectivity index (χ0n) is 24.7. The smallest absolute Gasteiger partial charge is 0.207 e. The molecule has 1 aromatic heterocycles. The molecule has 2 aliphatic rings. The van der Waals surface area contributed by atoms with Crippen LogP contribution in [-0.2, 0) is 13.2 Å². The molecule has 0 N–H and O–H groups in total. The second-order valence-corrected chi connectivity index (χ2v) is 11.5. The number of ether oxygens (including phenoxy) is 3. The summed E-state index contributed by atoms with van der Waals surface area (Å²) in [6, 6.07) is 26.3. The third kappa shape index (κ3) is 5.07. The number of fused-ring (bicyclic) bond motifs is 1. The average molecular weight is 578 g/mol. The summed E-state index contributed by atoms with van der Waals surface area (Å²) in [5.41, 5.74) is 5.98. The molecule has 0 unspecified atom stereocenters. The molecule has 0 amide bonds. The van der Waals surface area contributed by atoms with Crippen molar-refractivity contribution < 1.29 is 18.6 Å². The van der Waals surface area contributed by atoms with E-state index in [1.54, 1.807) is 7.11 Å². The second kappa shape index (κ2) is 11.6. The second-order valence-electron chi connectivity index (χ2n) is 11.5. The lowest BCUT2D eigenvalue weighted by Gasteiger charge is -2.33. The van der Waals surface area contributed by atoms with Crippen LogP contribution in [0.1, 0.15) is 48.4 Å². The Morgan fingerprint density at radius 3 is 2.02 bits per heavy atom. The van der Waals surface area contributed by atoms with Crippen molar-refractivity contribution in [3.63, 3.8) is 0 Å². The van der Waals surface area contributed by atoms with E-state index in [2.05, 4.69) is 27.7 Å². The monoisotopic (exact) mass is 577 g/mol. The molecule has 0 atom stereocenters. The van der Waals surface area contributed by atoms with E-state index in [1.807, 2.05) is 67.6 Å². The van der Waals surface area contributed by atoms with Gasteiger partial charge in [0.15, 0.2) is 11.6 Å². The molecule has 1 aliphatic heterocycles. The van der Waals surface area contributed by atoms with Crippen molar-refractivity contribution in [1.29, 1.82) is 0 Å². The molecule has 5 aromatic rings. The van der Waals surface area contributed by atoms with E-state index in [0.717, 1.165) is 60.2 Å². The Kier molecular flexibility index (Phi) is 7.39. The summed E-state index contributed by atoms with van der Waals surface area (Å²) in [6.45, 7) is 4.42. The fourth-order valence-corrected chi connectivity index (χ4v) is 6.05. The van der Waals surface area contributed by atoms with Crippen LogP contribution >= 0.6 is 0 Å². The Morgan fingerprint density at radius 1 is 0.814 bits per heavy atom. The van der Waals surface area contributed by atoms with Gasteiger partial charge in [0, 0.05) is 30.4 Å². The summed E-state index contributed by atoms with van der Waals surface area (Å²) in [5, 5.41) is 0. The molecule has 6 nitrogen and oxygen atoms in total. The molecule has 2 heterocycles. The number of rotatable bonds is 10. The number of halogens is 1. The first-order valence-corrected chi connectivity index (χ1v) is 15.1. The quantitative estimate of drug-likeness (QED) is 0.167. The lowest BCUT2D eigenvalue weighted by atomic mass is 9.92. The van der Waals surface area contributed by atoms with Crippen LogP contribution < -0.4 is 19.1 Å². The van der Waals surface area contributed by atoms with Gasteiger partial charge >= 0.3 is 0 Å². The van der Waals surface area contributed by atoms with Gasteiger partial charge in [0.25, 0.3) is 0 Å². The lowest BCUT2D eigenvalue weighted by molar-refractivity contribution is 0.234. The Hall–Kier alpha value is -4.52. The Morgan fingerprint density at radius 2 is 1.47 bits per heavy atom. The Bertz CT molecular complexity index is 1750. The van der Waals surface area contributed by atoms with Crippen molar-refractivity contribution in [1.82, 2.24) is 9.55 Å². The normalized spacial score (nSPS) is 14.8. The topological polar surface area (TPSA) is 48.8 Å². The van der Waals surface area contributed by atoms with Crippen LogP contribution in [0.4, 0.5) is 10.1 Å². The van der Waals surface area contributed by atoms with Crippen LogP contribution in [0.5, 0.6) is 17.2 Å². The fourth-order valence-electron chi connectivity index (χ4n) is 6.05. The van der Waals surface area contributed by atoms with Crippen LogP contribution in [0.15, 0.2) is 78.9 Å². The Balaban J connectivity index is 1.38. The number of nitrogens with zero attached hydrogens (tertiary/aromatic N) is 3. The molecule has 1 aliphatic carbocycles. The number of hydrogen-bond donors (Lipinski definition) is 0. The summed E-state index contributed by atoms with van der Waals surface area (Å²) < 4.78 is 37.8. The number of hydrogen-bond acceptors (Lipinski definition) is 5. The van der Waals surface area contributed by atoms with Crippen LogP contribution in [0.3, 0.4) is 0 Å². The Labute approximate surface area is 251 Å².